The lowest BCUT2D eigenvalue weighted by atomic mass is 10.4. The van der Waals surface area contributed by atoms with E-state index in [0.29, 0.717) is 18.0 Å². The Bertz CT molecular complexity index is 1020. The Hall–Kier alpha value is 0.01000. The van der Waals surface area contributed by atoms with E-state index in [1.54, 1.807) is 28.6 Å². The number of nitrogens with zero attached hydrogens (tertiary/aromatic N) is 1. The van der Waals surface area contributed by atoms with E-state index in [-0.39, 0.29) is 34.6 Å². The molecule has 0 radical (unpaired) electrons. The standard InChI is InChI=1S/C10H12INO2S.C6H4ClIO2S.C4H9N.4CH4/c11-9-3-5-10(6-4-9)15(13,14)12-7-1-2-8-12;7-11(9,10)6-3-1-5(8)2-4-6;1-2-4-5-3-1;;;;/h3-6H,1-2,7-8H2;1-4H;5H,1-4H2;4*1H4. The van der Waals surface area contributed by atoms with Crippen molar-refractivity contribution in [3.05, 3.63) is 55.7 Å². The molecule has 0 spiro atoms. The van der Waals surface area contributed by atoms with Crippen molar-refractivity contribution in [3.8, 4) is 0 Å². The summed E-state index contributed by atoms with van der Waals surface area (Å²) >= 11 is 4.25. The molecule has 2 aromatic rings. The summed E-state index contributed by atoms with van der Waals surface area (Å²) in [6.07, 6.45) is 4.73. The molecule has 2 aliphatic rings. The van der Waals surface area contributed by atoms with Crippen LogP contribution in [0.2, 0.25) is 0 Å². The maximum Gasteiger partial charge on any atom is 0.261 e. The van der Waals surface area contributed by atoms with Crippen LogP contribution in [0.3, 0.4) is 0 Å². The molecular formula is C24H41ClI2N2O4S2. The van der Waals surface area contributed by atoms with E-state index < -0.39 is 19.1 Å². The molecule has 204 valence electrons. The fourth-order valence-corrected chi connectivity index (χ4v) is 5.91. The third-order valence-corrected chi connectivity index (χ3v) is 9.29. The van der Waals surface area contributed by atoms with Gasteiger partial charge in [-0.2, -0.15) is 4.31 Å². The molecule has 2 aliphatic heterocycles. The molecule has 2 heterocycles. The number of rotatable bonds is 3. The zero-order chi connectivity index (χ0) is 22.9. The number of hydrogen-bond donors (Lipinski definition) is 1. The van der Waals surface area contributed by atoms with Gasteiger partial charge >= 0.3 is 0 Å². The molecule has 0 aliphatic carbocycles. The Morgan fingerprint density at radius 2 is 1.03 bits per heavy atom. The SMILES string of the molecule is C.C.C.C.C1CCNC1.O=S(=O)(Cl)c1ccc(I)cc1.O=S(=O)(c1ccc(I)cc1)N1CCCC1. The summed E-state index contributed by atoms with van der Waals surface area (Å²) in [5.41, 5.74) is 0. The van der Waals surface area contributed by atoms with E-state index in [1.807, 2.05) is 12.1 Å². The minimum atomic E-state index is -3.55. The second-order valence-corrected chi connectivity index (χ2v) is 13.9. The van der Waals surface area contributed by atoms with Crippen molar-refractivity contribution in [2.75, 3.05) is 26.2 Å². The first-order valence-corrected chi connectivity index (χ1v) is 15.7. The van der Waals surface area contributed by atoms with Crippen molar-refractivity contribution in [1.29, 1.82) is 0 Å². The molecule has 0 atom stereocenters. The summed E-state index contributed by atoms with van der Waals surface area (Å²) in [7, 11) is -1.70. The highest BCUT2D eigenvalue weighted by Gasteiger charge is 2.26. The first-order chi connectivity index (χ1) is 14.6. The summed E-state index contributed by atoms with van der Waals surface area (Å²) < 4.78 is 49.1. The summed E-state index contributed by atoms with van der Waals surface area (Å²) in [5.74, 6) is 0. The van der Waals surface area contributed by atoms with Crippen molar-refractivity contribution < 1.29 is 16.8 Å². The van der Waals surface area contributed by atoms with Crippen LogP contribution in [0.1, 0.15) is 55.4 Å². The van der Waals surface area contributed by atoms with Gasteiger partial charge in [0.25, 0.3) is 9.05 Å². The minimum Gasteiger partial charge on any atom is -0.317 e. The third kappa shape index (κ3) is 13.9. The summed E-state index contributed by atoms with van der Waals surface area (Å²) in [6, 6.07) is 13.3. The van der Waals surface area contributed by atoms with Crippen molar-refractivity contribution in [2.24, 2.45) is 0 Å². The Balaban J connectivity index is -0.000000456. The lowest BCUT2D eigenvalue weighted by molar-refractivity contribution is 0.477. The van der Waals surface area contributed by atoms with Crippen LogP contribution < -0.4 is 5.32 Å². The zero-order valence-electron chi connectivity index (χ0n) is 16.8. The molecule has 2 saturated heterocycles. The maximum atomic E-state index is 12.1. The number of halogens is 3. The van der Waals surface area contributed by atoms with E-state index in [0.717, 1.165) is 20.0 Å². The van der Waals surface area contributed by atoms with Gasteiger partial charge in [0.2, 0.25) is 10.0 Å². The Morgan fingerprint density at radius 1 is 0.657 bits per heavy atom. The van der Waals surface area contributed by atoms with Crippen LogP contribution in [-0.4, -0.2) is 47.3 Å². The van der Waals surface area contributed by atoms with Crippen LogP contribution in [0.4, 0.5) is 0 Å². The van der Waals surface area contributed by atoms with Gasteiger partial charge in [-0.15, -0.1) is 0 Å². The average molecular weight is 775 g/mol. The Kier molecular flexibility index (Phi) is 21.6. The van der Waals surface area contributed by atoms with Crippen LogP contribution in [0.5, 0.6) is 0 Å². The van der Waals surface area contributed by atoms with Gasteiger partial charge in [-0.05, 0) is 132 Å². The molecule has 4 rings (SSSR count). The van der Waals surface area contributed by atoms with Crippen molar-refractivity contribution in [2.45, 2.75) is 65.2 Å². The largest absolute Gasteiger partial charge is 0.317 e. The Labute approximate surface area is 246 Å². The van der Waals surface area contributed by atoms with Gasteiger partial charge in [0.1, 0.15) is 0 Å². The molecule has 0 unspecified atom stereocenters. The highest BCUT2D eigenvalue weighted by Crippen LogP contribution is 2.21. The molecule has 2 aromatic carbocycles. The normalized spacial score (nSPS) is 14.8. The molecule has 0 saturated carbocycles. The van der Waals surface area contributed by atoms with E-state index in [2.05, 4.69) is 50.5 Å². The van der Waals surface area contributed by atoms with E-state index in [9.17, 15) is 16.8 Å². The number of sulfonamides is 1. The predicted octanol–water partition coefficient (Wildman–Crippen LogP) is 7.21. The van der Waals surface area contributed by atoms with Crippen molar-refractivity contribution in [1.82, 2.24) is 9.62 Å². The first-order valence-electron chi connectivity index (χ1n) is 9.77. The number of nitrogens with one attached hydrogen (secondary N) is 1. The van der Waals surface area contributed by atoms with E-state index in [4.69, 9.17) is 10.7 Å². The van der Waals surface area contributed by atoms with Gasteiger partial charge in [0.15, 0.2) is 0 Å². The minimum absolute atomic E-state index is 0. The molecular weight excluding hydrogens is 734 g/mol. The fraction of sp³-hybridized carbons (Fsp3) is 0.500. The topological polar surface area (TPSA) is 83.5 Å². The highest BCUT2D eigenvalue weighted by atomic mass is 127. The predicted molar refractivity (Wildman–Crippen MR) is 168 cm³/mol. The van der Waals surface area contributed by atoms with Crippen LogP contribution in [0.15, 0.2) is 58.3 Å². The quantitative estimate of drug-likeness (QED) is 0.264. The highest BCUT2D eigenvalue weighted by molar-refractivity contribution is 14.1. The average Bonchev–Trinajstić information content (AvgIpc) is 3.45. The second kappa shape index (κ2) is 19.1. The molecule has 0 amide bonds. The van der Waals surface area contributed by atoms with Crippen molar-refractivity contribution >= 4 is 74.9 Å². The molecule has 2 fully saturated rings. The second-order valence-electron chi connectivity index (χ2n) is 6.91. The summed E-state index contributed by atoms with van der Waals surface area (Å²) in [4.78, 5) is 0.546. The molecule has 0 aromatic heterocycles. The Morgan fingerprint density at radius 3 is 1.34 bits per heavy atom. The monoisotopic (exact) mass is 774 g/mol. The molecule has 6 nitrogen and oxygen atoms in total. The van der Waals surface area contributed by atoms with Gasteiger partial charge in [0.05, 0.1) is 9.79 Å². The van der Waals surface area contributed by atoms with Crippen LogP contribution in [0, 0.1) is 7.14 Å². The third-order valence-electron chi connectivity index (χ3n) is 4.57. The number of hydrogen-bond acceptors (Lipinski definition) is 5. The van der Waals surface area contributed by atoms with E-state index >= 15 is 0 Å². The van der Waals surface area contributed by atoms with Gasteiger partial charge in [0, 0.05) is 30.9 Å². The van der Waals surface area contributed by atoms with Crippen LogP contribution in [-0.2, 0) is 19.1 Å². The van der Waals surface area contributed by atoms with Crippen molar-refractivity contribution in [3.63, 3.8) is 0 Å². The summed E-state index contributed by atoms with van der Waals surface area (Å²) in [5, 5.41) is 3.22. The number of benzene rings is 2. The van der Waals surface area contributed by atoms with Gasteiger partial charge in [-0.25, -0.2) is 16.8 Å². The lowest BCUT2D eigenvalue weighted by Crippen LogP contribution is -2.27. The van der Waals surface area contributed by atoms with E-state index in [1.165, 1.54) is 38.1 Å². The maximum absolute atomic E-state index is 12.1. The van der Waals surface area contributed by atoms with Gasteiger partial charge in [-0.3, -0.25) is 0 Å². The molecule has 0 bridgehead atoms. The molecule has 11 heteroatoms. The van der Waals surface area contributed by atoms with Gasteiger partial charge in [-0.1, -0.05) is 29.7 Å². The smallest absolute Gasteiger partial charge is 0.261 e. The lowest BCUT2D eigenvalue weighted by Gasteiger charge is -2.15. The first kappa shape index (κ1) is 39.5. The fourth-order valence-electron chi connectivity index (χ4n) is 2.91. The zero-order valence-corrected chi connectivity index (χ0v) is 23.5. The molecule has 1 N–H and O–H groups in total. The van der Waals surface area contributed by atoms with Crippen LogP contribution >= 0.6 is 55.9 Å². The molecule has 35 heavy (non-hydrogen) atoms. The van der Waals surface area contributed by atoms with Gasteiger partial charge < -0.3 is 5.32 Å². The van der Waals surface area contributed by atoms with Crippen LogP contribution in [0.25, 0.3) is 0 Å². The summed E-state index contributed by atoms with van der Waals surface area (Å²) in [6.45, 7) is 3.82.